The number of hydrogen-bond donors (Lipinski definition) is 1. The summed E-state index contributed by atoms with van der Waals surface area (Å²) < 4.78 is 17.8. The van der Waals surface area contributed by atoms with Crippen molar-refractivity contribution >= 4 is 11.7 Å². The third kappa shape index (κ3) is 2.33. The van der Waals surface area contributed by atoms with E-state index in [1.54, 1.807) is 12.1 Å². The summed E-state index contributed by atoms with van der Waals surface area (Å²) in [4.78, 5) is 12.1. The molecule has 1 saturated carbocycles. The van der Waals surface area contributed by atoms with Gasteiger partial charge in [0.2, 0.25) is 0 Å². The van der Waals surface area contributed by atoms with Gasteiger partial charge in [-0.05, 0) is 49.4 Å². The maximum absolute atomic E-state index is 12.9. The molecule has 1 aromatic rings. The fourth-order valence-electron chi connectivity index (χ4n) is 2.39. The highest BCUT2D eigenvalue weighted by Crippen LogP contribution is 2.44. The van der Waals surface area contributed by atoms with Crippen LogP contribution in [-0.4, -0.2) is 18.6 Å². The summed E-state index contributed by atoms with van der Waals surface area (Å²) in [6.07, 6.45) is 2.70. The Kier molecular flexibility index (Phi) is 3.55. The first-order chi connectivity index (χ1) is 8.62. The van der Waals surface area contributed by atoms with Gasteiger partial charge in [0.1, 0.15) is 11.4 Å². The lowest BCUT2D eigenvalue weighted by Gasteiger charge is -2.32. The molecule has 0 spiro atoms. The molecular weight excluding hydrogens is 233 g/mol. The SMILES string of the molecule is CCC(Nc1ccc(F)cc1)(C(=O)OC)C1CC1. The Morgan fingerprint density at radius 2 is 2.06 bits per heavy atom. The first-order valence-corrected chi connectivity index (χ1v) is 6.24. The second-order valence-corrected chi connectivity index (χ2v) is 4.72. The van der Waals surface area contributed by atoms with Gasteiger partial charge in [0.05, 0.1) is 7.11 Å². The van der Waals surface area contributed by atoms with Crippen LogP contribution in [0.2, 0.25) is 0 Å². The van der Waals surface area contributed by atoms with Crippen LogP contribution in [0.5, 0.6) is 0 Å². The fourth-order valence-corrected chi connectivity index (χ4v) is 2.39. The number of anilines is 1. The molecule has 0 amide bonds. The highest BCUT2D eigenvalue weighted by atomic mass is 19.1. The Bertz CT molecular complexity index is 428. The number of nitrogens with one attached hydrogen (secondary N) is 1. The van der Waals surface area contributed by atoms with Crippen molar-refractivity contribution in [1.29, 1.82) is 0 Å². The largest absolute Gasteiger partial charge is 0.467 e. The van der Waals surface area contributed by atoms with Crippen molar-refractivity contribution in [3.8, 4) is 0 Å². The van der Waals surface area contributed by atoms with Crippen LogP contribution >= 0.6 is 0 Å². The minimum absolute atomic E-state index is 0.239. The van der Waals surface area contributed by atoms with Crippen LogP contribution < -0.4 is 5.32 Å². The number of halogens is 1. The van der Waals surface area contributed by atoms with Gasteiger partial charge in [0.25, 0.3) is 0 Å². The monoisotopic (exact) mass is 251 g/mol. The third-order valence-electron chi connectivity index (χ3n) is 3.59. The number of benzene rings is 1. The lowest BCUT2D eigenvalue weighted by atomic mass is 9.89. The summed E-state index contributed by atoms with van der Waals surface area (Å²) in [6.45, 7) is 1.96. The molecule has 0 aliphatic heterocycles. The highest BCUT2D eigenvalue weighted by molar-refractivity contribution is 5.85. The predicted octanol–water partition coefficient (Wildman–Crippen LogP) is 2.97. The van der Waals surface area contributed by atoms with Crippen LogP contribution in [0, 0.1) is 11.7 Å². The molecule has 0 heterocycles. The zero-order chi connectivity index (χ0) is 13.2. The summed E-state index contributed by atoms with van der Waals surface area (Å²) in [5, 5.41) is 3.24. The summed E-state index contributed by atoms with van der Waals surface area (Å²) in [7, 11) is 1.40. The Hall–Kier alpha value is -1.58. The van der Waals surface area contributed by atoms with Crippen LogP contribution in [0.3, 0.4) is 0 Å². The van der Waals surface area contributed by atoms with Gasteiger partial charge in [0.15, 0.2) is 0 Å². The highest BCUT2D eigenvalue weighted by Gasteiger charge is 2.50. The molecule has 1 fully saturated rings. The number of methoxy groups -OCH3 is 1. The topological polar surface area (TPSA) is 38.3 Å². The second-order valence-electron chi connectivity index (χ2n) is 4.72. The quantitative estimate of drug-likeness (QED) is 0.818. The molecule has 0 bridgehead atoms. The van der Waals surface area contributed by atoms with Gasteiger partial charge in [0, 0.05) is 5.69 Å². The van der Waals surface area contributed by atoms with Crippen LogP contribution in [0.1, 0.15) is 26.2 Å². The molecule has 1 aromatic carbocycles. The molecular formula is C14H18FNO2. The first-order valence-electron chi connectivity index (χ1n) is 6.24. The van der Waals surface area contributed by atoms with Crippen molar-refractivity contribution in [2.45, 2.75) is 31.7 Å². The summed E-state index contributed by atoms with van der Waals surface area (Å²) in [6, 6.07) is 6.05. The van der Waals surface area contributed by atoms with Crippen molar-refractivity contribution in [3.63, 3.8) is 0 Å². The number of esters is 1. The van der Waals surface area contributed by atoms with Crippen molar-refractivity contribution in [1.82, 2.24) is 0 Å². The Labute approximate surface area is 106 Å². The molecule has 1 aliphatic carbocycles. The zero-order valence-corrected chi connectivity index (χ0v) is 10.7. The maximum Gasteiger partial charge on any atom is 0.331 e. The lowest BCUT2D eigenvalue weighted by molar-refractivity contribution is -0.147. The van der Waals surface area contributed by atoms with Crippen LogP contribution in [-0.2, 0) is 9.53 Å². The van der Waals surface area contributed by atoms with Gasteiger partial charge in [-0.15, -0.1) is 0 Å². The fraction of sp³-hybridized carbons (Fsp3) is 0.500. The summed E-state index contributed by atoms with van der Waals surface area (Å²) in [5.74, 6) is -0.219. The van der Waals surface area contributed by atoms with Crippen LogP contribution in [0.25, 0.3) is 0 Å². The number of ether oxygens (including phenoxy) is 1. The average Bonchev–Trinajstić information content (AvgIpc) is 3.22. The van der Waals surface area contributed by atoms with E-state index in [-0.39, 0.29) is 11.8 Å². The van der Waals surface area contributed by atoms with Gasteiger partial charge >= 0.3 is 5.97 Å². The molecule has 18 heavy (non-hydrogen) atoms. The number of carbonyl (C=O) groups is 1. The Balaban J connectivity index is 2.24. The van der Waals surface area contributed by atoms with E-state index in [0.717, 1.165) is 18.5 Å². The molecule has 1 N–H and O–H groups in total. The van der Waals surface area contributed by atoms with Gasteiger partial charge in [-0.2, -0.15) is 0 Å². The van der Waals surface area contributed by atoms with E-state index in [1.165, 1.54) is 19.2 Å². The van der Waals surface area contributed by atoms with Crippen molar-refractivity contribution in [2.75, 3.05) is 12.4 Å². The normalized spacial score (nSPS) is 17.9. The zero-order valence-electron chi connectivity index (χ0n) is 10.7. The minimum Gasteiger partial charge on any atom is -0.467 e. The van der Waals surface area contributed by atoms with Gasteiger partial charge in [-0.1, -0.05) is 6.92 Å². The number of hydrogen-bond acceptors (Lipinski definition) is 3. The van der Waals surface area contributed by atoms with Gasteiger partial charge in [-0.3, -0.25) is 0 Å². The van der Waals surface area contributed by atoms with E-state index < -0.39 is 5.54 Å². The molecule has 0 radical (unpaired) electrons. The molecule has 2 rings (SSSR count). The smallest absolute Gasteiger partial charge is 0.331 e. The summed E-state index contributed by atoms with van der Waals surface area (Å²) >= 11 is 0. The van der Waals surface area contributed by atoms with E-state index in [0.29, 0.717) is 12.3 Å². The van der Waals surface area contributed by atoms with E-state index in [4.69, 9.17) is 4.74 Å². The van der Waals surface area contributed by atoms with E-state index in [1.807, 2.05) is 6.92 Å². The van der Waals surface area contributed by atoms with E-state index in [2.05, 4.69) is 5.32 Å². The van der Waals surface area contributed by atoms with Crippen LogP contribution in [0.15, 0.2) is 24.3 Å². The molecule has 1 aliphatic rings. The van der Waals surface area contributed by atoms with Gasteiger partial charge in [-0.25, -0.2) is 9.18 Å². The third-order valence-corrected chi connectivity index (χ3v) is 3.59. The molecule has 3 nitrogen and oxygen atoms in total. The van der Waals surface area contributed by atoms with E-state index >= 15 is 0 Å². The minimum atomic E-state index is -0.674. The Morgan fingerprint density at radius 1 is 1.44 bits per heavy atom. The average molecular weight is 251 g/mol. The Morgan fingerprint density at radius 3 is 2.50 bits per heavy atom. The maximum atomic E-state index is 12.9. The molecule has 1 unspecified atom stereocenters. The molecule has 1 atom stereocenters. The summed E-state index contributed by atoms with van der Waals surface area (Å²) in [5.41, 5.74) is 0.0719. The van der Waals surface area contributed by atoms with Crippen LogP contribution in [0.4, 0.5) is 10.1 Å². The molecule has 0 aromatic heterocycles. The standard InChI is InChI=1S/C14H18FNO2/c1-3-14(10-4-5-10,13(17)18-2)16-12-8-6-11(15)7-9-12/h6-10,16H,3-5H2,1-2H3. The van der Waals surface area contributed by atoms with Crippen molar-refractivity contribution in [3.05, 3.63) is 30.1 Å². The van der Waals surface area contributed by atoms with Gasteiger partial charge < -0.3 is 10.1 Å². The van der Waals surface area contributed by atoms with Crippen molar-refractivity contribution in [2.24, 2.45) is 5.92 Å². The molecule has 0 saturated heterocycles. The first kappa shape index (κ1) is 12.9. The second kappa shape index (κ2) is 4.96. The van der Waals surface area contributed by atoms with E-state index in [9.17, 15) is 9.18 Å². The number of rotatable bonds is 5. The van der Waals surface area contributed by atoms with Crippen molar-refractivity contribution < 1.29 is 13.9 Å². The lowest BCUT2D eigenvalue weighted by Crippen LogP contribution is -2.48. The molecule has 98 valence electrons. The molecule has 4 heteroatoms. The number of carbonyl (C=O) groups excluding carboxylic acids is 1. The predicted molar refractivity (Wildman–Crippen MR) is 67.8 cm³/mol.